The summed E-state index contributed by atoms with van der Waals surface area (Å²) >= 11 is 3.44. The van der Waals surface area contributed by atoms with Gasteiger partial charge in [0.25, 0.3) is 5.91 Å². The number of hydrazone groups is 1. The van der Waals surface area contributed by atoms with Gasteiger partial charge in [-0.3, -0.25) is 14.4 Å². The SMILES string of the molecule is CCOc1cc(/C=N\NC(=O)C(=O)N[C@@H](C)CC)cc(Br)c1OCC(=O)Nc1c(C)cccc1C. The number of nitrogens with one attached hydrogen (secondary N) is 3. The molecule has 0 saturated carbocycles. The van der Waals surface area contributed by atoms with Gasteiger partial charge in [0, 0.05) is 11.7 Å². The topological polar surface area (TPSA) is 118 Å². The molecule has 10 heteroatoms. The van der Waals surface area contributed by atoms with Crippen molar-refractivity contribution in [1.29, 1.82) is 0 Å². The van der Waals surface area contributed by atoms with Crippen LogP contribution in [0, 0.1) is 13.8 Å². The molecule has 0 spiro atoms. The van der Waals surface area contributed by atoms with Crippen LogP contribution in [0.25, 0.3) is 0 Å². The van der Waals surface area contributed by atoms with Crippen LogP contribution in [0.1, 0.15) is 43.9 Å². The summed E-state index contributed by atoms with van der Waals surface area (Å²) in [5.41, 5.74) is 5.46. The molecule has 1 atom stereocenters. The molecule has 3 amide bonds. The first-order valence-corrected chi connectivity index (χ1v) is 12.0. The maximum absolute atomic E-state index is 12.5. The van der Waals surface area contributed by atoms with Gasteiger partial charge >= 0.3 is 11.8 Å². The van der Waals surface area contributed by atoms with Gasteiger partial charge in [-0.25, -0.2) is 5.43 Å². The fraction of sp³-hybridized carbons (Fsp3) is 0.360. The summed E-state index contributed by atoms with van der Waals surface area (Å²) in [4.78, 5) is 36.2. The minimum absolute atomic E-state index is 0.114. The first kappa shape index (κ1) is 27.8. The van der Waals surface area contributed by atoms with E-state index in [-0.39, 0.29) is 18.6 Å². The predicted octanol–water partition coefficient (Wildman–Crippen LogP) is 3.85. The number of amides is 3. The summed E-state index contributed by atoms with van der Waals surface area (Å²) in [7, 11) is 0. The average molecular weight is 547 g/mol. The molecule has 0 aliphatic rings. The van der Waals surface area contributed by atoms with E-state index in [0.717, 1.165) is 16.8 Å². The van der Waals surface area contributed by atoms with Gasteiger partial charge < -0.3 is 20.1 Å². The van der Waals surface area contributed by atoms with Crippen LogP contribution in [0.3, 0.4) is 0 Å². The Kier molecular flexibility index (Phi) is 10.7. The Hall–Kier alpha value is -3.40. The lowest BCUT2D eigenvalue weighted by Crippen LogP contribution is -2.41. The summed E-state index contributed by atoms with van der Waals surface area (Å²) in [5, 5.41) is 9.28. The van der Waals surface area contributed by atoms with Gasteiger partial charge in [-0.1, -0.05) is 25.1 Å². The highest BCUT2D eigenvalue weighted by Gasteiger charge is 2.16. The van der Waals surface area contributed by atoms with Crippen LogP contribution in [0.2, 0.25) is 0 Å². The zero-order chi connectivity index (χ0) is 26.0. The molecule has 2 rings (SSSR count). The Balaban J connectivity index is 2.07. The van der Waals surface area contributed by atoms with Crippen LogP contribution in [0.5, 0.6) is 11.5 Å². The van der Waals surface area contributed by atoms with Crippen molar-refractivity contribution in [3.8, 4) is 11.5 Å². The van der Waals surface area contributed by atoms with Crippen molar-refractivity contribution >= 4 is 45.6 Å². The third-order valence-electron chi connectivity index (χ3n) is 5.00. The lowest BCUT2D eigenvalue weighted by Gasteiger charge is -2.15. The monoisotopic (exact) mass is 546 g/mol. The number of anilines is 1. The molecule has 2 aromatic carbocycles. The standard InChI is InChI=1S/C25H31BrN4O5/c1-6-17(5)28-24(32)25(33)30-27-13-18-11-19(26)23(20(12-18)34-7-2)35-14-21(31)29-22-15(3)9-8-10-16(22)4/h8-13,17H,6-7,14H2,1-5H3,(H,28,32)(H,29,31)(H,30,33)/b27-13-/t17-/m0/s1. The van der Waals surface area contributed by atoms with Gasteiger partial charge in [0.1, 0.15) is 0 Å². The maximum Gasteiger partial charge on any atom is 0.329 e. The van der Waals surface area contributed by atoms with E-state index in [2.05, 4.69) is 37.1 Å². The minimum Gasteiger partial charge on any atom is -0.490 e. The van der Waals surface area contributed by atoms with Gasteiger partial charge in [0.05, 0.1) is 17.3 Å². The molecule has 35 heavy (non-hydrogen) atoms. The van der Waals surface area contributed by atoms with Crippen molar-refractivity contribution in [3.05, 3.63) is 51.5 Å². The van der Waals surface area contributed by atoms with Crippen LogP contribution in [-0.2, 0) is 14.4 Å². The summed E-state index contributed by atoms with van der Waals surface area (Å²) < 4.78 is 12.0. The van der Waals surface area contributed by atoms with Crippen LogP contribution in [0.15, 0.2) is 39.9 Å². The fourth-order valence-electron chi connectivity index (χ4n) is 3.00. The predicted molar refractivity (Wildman–Crippen MR) is 139 cm³/mol. The fourth-order valence-corrected chi connectivity index (χ4v) is 3.57. The Morgan fingerprint density at radius 3 is 2.40 bits per heavy atom. The lowest BCUT2D eigenvalue weighted by molar-refractivity contribution is -0.139. The third kappa shape index (κ3) is 8.40. The molecule has 0 bridgehead atoms. The molecule has 0 saturated heterocycles. The Bertz CT molecular complexity index is 1080. The number of nitrogens with zero attached hydrogens (tertiary/aromatic N) is 1. The number of carbonyl (C=O) groups excluding carboxylic acids is 3. The van der Waals surface area contributed by atoms with Crippen LogP contribution >= 0.6 is 15.9 Å². The molecule has 2 aromatic rings. The van der Waals surface area contributed by atoms with E-state index in [1.165, 1.54) is 6.21 Å². The summed E-state index contributed by atoms with van der Waals surface area (Å²) in [6.45, 7) is 9.52. The van der Waals surface area contributed by atoms with E-state index in [0.29, 0.717) is 34.6 Å². The second-order valence-electron chi connectivity index (χ2n) is 7.85. The molecule has 0 aliphatic carbocycles. The second kappa shape index (κ2) is 13.5. The molecule has 0 aliphatic heterocycles. The number of rotatable bonds is 10. The molecule has 0 fully saturated rings. The summed E-state index contributed by atoms with van der Waals surface area (Å²) in [6.07, 6.45) is 2.08. The molecule has 9 nitrogen and oxygen atoms in total. The zero-order valence-corrected chi connectivity index (χ0v) is 22.1. The molecular weight excluding hydrogens is 516 g/mol. The largest absolute Gasteiger partial charge is 0.490 e. The van der Waals surface area contributed by atoms with Crippen molar-refractivity contribution < 1.29 is 23.9 Å². The highest BCUT2D eigenvalue weighted by atomic mass is 79.9. The van der Waals surface area contributed by atoms with E-state index in [1.54, 1.807) is 19.1 Å². The number of ether oxygens (including phenoxy) is 2. The van der Waals surface area contributed by atoms with E-state index in [9.17, 15) is 14.4 Å². The number of benzene rings is 2. The highest BCUT2D eigenvalue weighted by molar-refractivity contribution is 9.10. The molecule has 188 valence electrons. The lowest BCUT2D eigenvalue weighted by atomic mass is 10.1. The average Bonchev–Trinajstić information content (AvgIpc) is 2.81. The van der Waals surface area contributed by atoms with Gasteiger partial charge in [0.2, 0.25) is 0 Å². The molecule has 0 heterocycles. The van der Waals surface area contributed by atoms with Crippen LogP contribution in [0.4, 0.5) is 5.69 Å². The zero-order valence-electron chi connectivity index (χ0n) is 20.5. The van der Waals surface area contributed by atoms with Gasteiger partial charge in [-0.2, -0.15) is 5.10 Å². The van der Waals surface area contributed by atoms with Crippen LogP contribution < -0.4 is 25.5 Å². The van der Waals surface area contributed by atoms with Gasteiger partial charge in [0.15, 0.2) is 18.1 Å². The van der Waals surface area contributed by atoms with Gasteiger partial charge in [-0.05, 0) is 78.9 Å². The number of para-hydroxylation sites is 1. The Morgan fingerprint density at radius 1 is 1.09 bits per heavy atom. The number of aryl methyl sites for hydroxylation is 2. The first-order chi connectivity index (χ1) is 16.7. The number of hydrogen-bond donors (Lipinski definition) is 3. The van der Waals surface area contributed by atoms with Crippen molar-refractivity contribution in [2.45, 2.75) is 47.1 Å². The Labute approximate surface area is 213 Å². The van der Waals surface area contributed by atoms with E-state index < -0.39 is 11.8 Å². The number of hydrogen-bond acceptors (Lipinski definition) is 6. The minimum atomic E-state index is -0.861. The quantitative estimate of drug-likeness (QED) is 0.237. The van der Waals surface area contributed by atoms with Crippen molar-refractivity contribution in [3.63, 3.8) is 0 Å². The molecule has 0 radical (unpaired) electrons. The molecule has 3 N–H and O–H groups in total. The number of halogens is 1. The van der Waals surface area contributed by atoms with Crippen molar-refractivity contribution in [2.24, 2.45) is 5.10 Å². The highest BCUT2D eigenvalue weighted by Crippen LogP contribution is 2.36. The van der Waals surface area contributed by atoms with E-state index >= 15 is 0 Å². The second-order valence-corrected chi connectivity index (χ2v) is 8.70. The smallest absolute Gasteiger partial charge is 0.329 e. The van der Waals surface area contributed by atoms with Crippen molar-refractivity contribution in [1.82, 2.24) is 10.7 Å². The molecule has 0 aromatic heterocycles. The summed E-state index contributed by atoms with van der Waals surface area (Å²) in [5.74, 6) is -1.17. The Morgan fingerprint density at radius 2 is 1.77 bits per heavy atom. The normalized spacial score (nSPS) is 11.6. The number of carbonyl (C=O) groups is 3. The third-order valence-corrected chi connectivity index (χ3v) is 5.59. The van der Waals surface area contributed by atoms with E-state index in [1.807, 2.05) is 45.9 Å². The van der Waals surface area contributed by atoms with Gasteiger partial charge in [-0.15, -0.1) is 0 Å². The first-order valence-electron chi connectivity index (χ1n) is 11.2. The molecule has 0 unspecified atom stereocenters. The van der Waals surface area contributed by atoms with Crippen molar-refractivity contribution in [2.75, 3.05) is 18.5 Å². The van der Waals surface area contributed by atoms with Crippen LogP contribution in [-0.4, -0.2) is 43.2 Å². The molecular formula is C25H31BrN4O5. The maximum atomic E-state index is 12.5. The summed E-state index contributed by atoms with van der Waals surface area (Å²) in [6, 6.07) is 9.01. The van der Waals surface area contributed by atoms with E-state index in [4.69, 9.17) is 9.47 Å².